The topological polar surface area (TPSA) is 38.8 Å². The summed E-state index contributed by atoms with van der Waals surface area (Å²) in [7, 11) is 0. The van der Waals surface area contributed by atoms with E-state index in [4.69, 9.17) is 0 Å². The lowest BCUT2D eigenvalue weighted by Gasteiger charge is -1.86. The van der Waals surface area contributed by atoms with Gasteiger partial charge >= 0.3 is 0 Å². The molecule has 1 saturated carbocycles. The second-order valence-corrected chi connectivity index (χ2v) is 2.92. The second-order valence-electron chi connectivity index (χ2n) is 2.21. The van der Waals surface area contributed by atoms with Gasteiger partial charge < -0.3 is 0 Å². The third-order valence-corrected chi connectivity index (χ3v) is 1.72. The Balaban J connectivity index is 2.09. The molecule has 9 heavy (non-hydrogen) atoms. The van der Waals surface area contributed by atoms with Gasteiger partial charge in [-0.2, -0.15) is 0 Å². The van der Waals surface area contributed by atoms with E-state index in [0.717, 1.165) is 5.84 Å². The van der Waals surface area contributed by atoms with Crippen molar-refractivity contribution in [2.24, 2.45) is 16.0 Å². The highest BCUT2D eigenvalue weighted by Gasteiger charge is 2.30. The number of rotatable bonds is 1. The van der Waals surface area contributed by atoms with E-state index in [-0.39, 0.29) is 0 Å². The summed E-state index contributed by atoms with van der Waals surface area (Å²) < 4.78 is 0.615. The molecule has 4 heteroatoms. The summed E-state index contributed by atoms with van der Waals surface area (Å²) in [6.45, 7) is 0. The molecular formula is C5H5BrN3. The van der Waals surface area contributed by atoms with Crippen LogP contribution in [0.3, 0.4) is 0 Å². The lowest BCUT2D eigenvalue weighted by molar-refractivity contribution is 0.971. The SMILES string of the molecule is BrC1=N[N]C(C2CC2)=N1. The molecule has 0 N–H and O–H groups in total. The van der Waals surface area contributed by atoms with Gasteiger partial charge in [-0.25, -0.2) is 4.99 Å². The molecule has 2 rings (SSSR count). The highest BCUT2D eigenvalue weighted by molar-refractivity contribution is 9.18. The van der Waals surface area contributed by atoms with Crippen LogP contribution in [0.15, 0.2) is 10.1 Å². The summed E-state index contributed by atoms with van der Waals surface area (Å²) in [5.41, 5.74) is 3.87. The van der Waals surface area contributed by atoms with Crippen molar-refractivity contribution in [3.8, 4) is 0 Å². The minimum atomic E-state index is 0.615. The fraction of sp³-hybridized carbons (Fsp3) is 0.600. The van der Waals surface area contributed by atoms with Crippen molar-refractivity contribution >= 4 is 26.5 Å². The molecule has 0 bridgehead atoms. The van der Waals surface area contributed by atoms with Gasteiger partial charge in [0, 0.05) is 5.92 Å². The maximum atomic E-state index is 4.07. The normalized spacial score (nSPS) is 25.0. The van der Waals surface area contributed by atoms with Crippen LogP contribution >= 0.6 is 15.9 Å². The van der Waals surface area contributed by atoms with Crippen molar-refractivity contribution in [2.75, 3.05) is 0 Å². The first kappa shape index (κ1) is 5.41. The van der Waals surface area contributed by atoms with Crippen molar-refractivity contribution in [2.45, 2.75) is 12.8 Å². The first-order valence-corrected chi connectivity index (χ1v) is 3.68. The van der Waals surface area contributed by atoms with Crippen LogP contribution in [0.4, 0.5) is 0 Å². The van der Waals surface area contributed by atoms with Crippen molar-refractivity contribution in [1.29, 1.82) is 0 Å². The summed E-state index contributed by atoms with van der Waals surface area (Å²) in [4.78, 5) is 4.07. The number of hydrogen-bond acceptors (Lipinski definition) is 2. The number of hydrogen-bond donors (Lipinski definition) is 0. The van der Waals surface area contributed by atoms with Gasteiger partial charge in [-0.3, -0.25) is 0 Å². The molecule has 0 amide bonds. The van der Waals surface area contributed by atoms with Gasteiger partial charge in [0.25, 0.3) is 0 Å². The van der Waals surface area contributed by atoms with E-state index in [1.54, 1.807) is 0 Å². The molecule has 47 valence electrons. The van der Waals surface area contributed by atoms with E-state index in [1.807, 2.05) is 0 Å². The molecule has 0 saturated heterocycles. The molecule has 1 heterocycles. The molecule has 1 fully saturated rings. The molecular weight excluding hydrogens is 182 g/mol. The van der Waals surface area contributed by atoms with Crippen molar-refractivity contribution in [1.82, 2.24) is 5.43 Å². The van der Waals surface area contributed by atoms with Gasteiger partial charge in [0.05, 0.1) is 0 Å². The molecule has 0 unspecified atom stereocenters. The Bertz CT molecular complexity index is 192. The Labute approximate surface area is 61.4 Å². The van der Waals surface area contributed by atoms with Gasteiger partial charge in [-0.15, -0.1) is 10.5 Å². The highest BCUT2D eigenvalue weighted by atomic mass is 79.9. The maximum Gasteiger partial charge on any atom is 0.219 e. The van der Waals surface area contributed by atoms with Crippen LogP contribution in [0.25, 0.3) is 0 Å². The van der Waals surface area contributed by atoms with E-state index in [2.05, 4.69) is 31.4 Å². The minimum Gasteiger partial charge on any atom is -0.203 e. The summed E-state index contributed by atoms with van der Waals surface area (Å²) >= 11 is 3.14. The highest BCUT2D eigenvalue weighted by Crippen LogP contribution is 2.31. The standard InChI is InChI=1S/C5H5BrN3/c6-5-7-4(8-9-5)3-1-2-3/h3H,1-2H2. The number of nitrogens with zero attached hydrogens (tertiary/aromatic N) is 3. The summed E-state index contributed by atoms with van der Waals surface area (Å²) in [6.07, 6.45) is 2.47. The van der Waals surface area contributed by atoms with Crippen LogP contribution in [-0.2, 0) is 0 Å². The van der Waals surface area contributed by atoms with Crippen LogP contribution in [-0.4, -0.2) is 10.6 Å². The fourth-order valence-corrected chi connectivity index (χ4v) is 1.01. The summed E-state index contributed by atoms with van der Waals surface area (Å²) in [5, 5.41) is 3.73. The lowest BCUT2D eigenvalue weighted by Crippen LogP contribution is -2.07. The average Bonchev–Trinajstić information content (AvgIpc) is 2.58. The molecule has 0 aromatic carbocycles. The quantitative estimate of drug-likeness (QED) is 0.551. The van der Waals surface area contributed by atoms with Crippen LogP contribution in [0.2, 0.25) is 0 Å². The van der Waals surface area contributed by atoms with Crippen LogP contribution in [0, 0.1) is 5.92 Å². The van der Waals surface area contributed by atoms with E-state index < -0.39 is 0 Å². The van der Waals surface area contributed by atoms with Crippen molar-refractivity contribution < 1.29 is 0 Å². The monoisotopic (exact) mass is 186 g/mol. The van der Waals surface area contributed by atoms with Gasteiger partial charge in [0.1, 0.15) is 0 Å². The van der Waals surface area contributed by atoms with E-state index in [1.165, 1.54) is 12.8 Å². The van der Waals surface area contributed by atoms with Crippen LogP contribution in [0.1, 0.15) is 12.8 Å². The van der Waals surface area contributed by atoms with Crippen molar-refractivity contribution in [3.05, 3.63) is 0 Å². The van der Waals surface area contributed by atoms with Crippen LogP contribution in [0.5, 0.6) is 0 Å². The van der Waals surface area contributed by atoms with E-state index >= 15 is 0 Å². The Morgan fingerprint density at radius 3 is 2.67 bits per heavy atom. The molecule has 1 radical (unpaired) electrons. The Morgan fingerprint density at radius 1 is 1.44 bits per heavy atom. The Morgan fingerprint density at radius 2 is 2.22 bits per heavy atom. The zero-order valence-electron chi connectivity index (χ0n) is 4.71. The smallest absolute Gasteiger partial charge is 0.203 e. The average molecular weight is 187 g/mol. The minimum absolute atomic E-state index is 0.615. The molecule has 0 atom stereocenters. The number of amidine groups is 2. The predicted molar refractivity (Wildman–Crippen MR) is 38.7 cm³/mol. The molecule has 1 aliphatic carbocycles. The summed E-state index contributed by atoms with van der Waals surface area (Å²) in [6, 6.07) is 0. The molecule has 1 aliphatic heterocycles. The largest absolute Gasteiger partial charge is 0.219 e. The van der Waals surface area contributed by atoms with Crippen LogP contribution < -0.4 is 5.43 Å². The maximum absolute atomic E-state index is 4.07. The third kappa shape index (κ3) is 0.986. The van der Waals surface area contributed by atoms with E-state index in [9.17, 15) is 0 Å². The zero-order valence-corrected chi connectivity index (χ0v) is 6.30. The fourth-order valence-electron chi connectivity index (χ4n) is 0.746. The lowest BCUT2D eigenvalue weighted by atomic mass is 10.4. The number of aliphatic imine (C=N–C) groups is 1. The predicted octanol–water partition coefficient (Wildman–Crippen LogP) is 1.08. The molecule has 3 nitrogen and oxygen atoms in total. The first-order chi connectivity index (χ1) is 4.36. The summed E-state index contributed by atoms with van der Waals surface area (Å²) in [5.74, 6) is 1.52. The molecule has 0 aromatic heterocycles. The molecule has 0 spiro atoms. The van der Waals surface area contributed by atoms with E-state index in [0.29, 0.717) is 10.7 Å². The van der Waals surface area contributed by atoms with Gasteiger partial charge in [0.2, 0.25) is 4.74 Å². The van der Waals surface area contributed by atoms with Gasteiger partial charge in [0.15, 0.2) is 5.84 Å². The Kier molecular flexibility index (Phi) is 1.08. The van der Waals surface area contributed by atoms with Crippen molar-refractivity contribution in [3.63, 3.8) is 0 Å². The third-order valence-electron chi connectivity index (χ3n) is 1.38. The molecule has 2 aliphatic rings. The Hall–Kier alpha value is -0.380. The van der Waals surface area contributed by atoms with Gasteiger partial charge in [-0.1, -0.05) is 0 Å². The second kappa shape index (κ2) is 1.80. The molecule has 0 aromatic rings. The number of halogens is 1. The first-order valence-electron chi connectivity index (χ1n) is 2.89. The van der Waals surface area contributed by atoms with Gasteiger partial charge in [-0.05, 0) is 28.8 Å². The zero-order chi connectivity index (χ0) is 6.27.